The average Bonchev–Trinajstić information content (AvgIpc) is 2.94. The molecule has 2 atom stereocenters. The summed E-state index contributed by atoms with van der Waals surface area (Å²) in [5.41, 5.74) is 13.6. The van der Waals surface area contributed by atoms with Crippen LogP contribution in [0.15, 0.2) is 53.4 Å². The minimum atomic E-state index is -1.00. The van der Waals surface area contributed by atoms with E-state index in [-0.39, 0.29) is 5.96 Å². The van der Waals surface area contributed by atoms with Crippen molar-refractivity contribution in [3.05, 3.63) is 54.1 Å². The highest BCUT2D eigenvalue weighted by Crippen LogP contribution is 2.34. The Kier molecular flexibility index (Phi) is 14.7. The van der Waals surface area contributed by atoms with Gasteiger partial charge in [-0.3, -0.25) is 10.2 Å². The van der Waals surface area contributed by atoms with Crippen molar-refractivity contribution in [2.45, 2.75) is 49.6 Å². The van der Waals surface area contributed by atoms with Crippen molar-refractivity contribution < 1.29 is 24.5 Å². The second kappa shape index (κ2) is 18.0. The number of hydrogen-bond donors (Lipinski definition) is 7. The number of nitrogens with one attached hydrogen (secondary N) is 3. The molecule has 0 saturated carbocycles. The van der Waals surface area contributed by atoms with Crippen LogP contribution in [0.25, 0.3) is 0 Å². The molecule has 9 N–H and O–H groups in total. The molecule has 2 aromatic rings. The molecule has 11 nitrogen and oxygen atoms in total. The van der Waals surface area contributed by atoms with Crippen molar-refractivity contribution in [2.24, 2.45) is 11.5 Å². The molecular weight excluding hydrogens is 532 g/mol. The number of ether oxygens (including phenoxy) is 1. The molecule has 0 fully saturated rings. The predicted molar refractivity (Wildman–Crippen MR) is 160 cm³/mol. The zero-order valence-electron chi connectivity index (χ0n) is 23.0. The Labute approximate surface area is 240 Å². The lowest BCUT2D eigenvalue weighted by molar-refractivity contribution is -0.150. The smallest absolute Gasteiger partial charge is 0.333 e. The summed E-state index contributed by atoms with van der Waals surface area (Å²) in [6, 6.07) is 15.8. The van der Waals surface area contributed by atoms with Crippen LogP contribution in [0.2, 0.25) is 0 Å². The minimum absolute atomic E-state index is 0.112. The number of nitrogens with zero attached hydrogens (tertiary/aromatic N) is 1. The Balaban J connectivity index is 0.000000395. The standard InChI is InChI=1S/C22H28N2O3S.C6H14N4O2/c1-2-27-20(22(25)26)16-17-8-10-18(11-9-17)23-12-5-13-24-14-15-28-21-7-4-3-6-19(21)24;7-4(5(11)12)2-1-3-10-6(8)9/h3-4,6-11,20,23H,2,5,12-16H2,1H3,(H,25,26);4H,1-3,7H2,(H,11,12)(H4,8,9,10)/t;4-/m.0/s1. The van der Waals surface area contributed by atoms with E-state index in [0.717, 1.165) is 43.1 Å². The minimum Gasteiger partial charge on any atom is -0.480 e. The van der Waals surface area contributed by atoms with Gasteiger partial charge in [0.2, 0.25) is 0 Å². The second-order valence-corrected chi connectivity index (χ2v) is 10.3. The zero-order chi connectivity index (χ0) is 29.3. The fourth-order valence-corrected chi connectivity index (χ4v) is 5.07. The van der Waals surface area contributed by atoms with Gasteiger partial charge in [0.05, 0.1) is 5.69 Å². The van der Waals surface area contributed by atoms with Gasteiger partial charge in [-0.05, 0) is 56.0 Å². The lowest BCUT2D eigenvalue weighted by Crippen LogP contribution is -2.34. The topological polar surface area (TPSA) is 187 Å². The summed E-state index contributed by atoms with van der Waals surface area (Å²) in [6.07, 6.45) is 1.64. The molecule has 0 bridgehead atoms. The summed E-state index contributed by atoms with van der Waals surface area (Å²) in [7, 11) is 0. The maximum atomic E-state index is 11.2. The summed E-state index contributed by atoms with van der Waals surface area (Å²) < 4.78 is 5.28. The lowest BCUT2D eigenvalue weighted by Gasteiger charge is -2.30. The number of carbonyl (C=O) groups is 2. The summed E-state index contributed by atoms with van der Waals surface area (Å²) in [5, 5.41) is 30.4. The van der Waals surface area contributed by atoms with Crippen molar-refractivity contribution in [2.75, 3.05) is 48.8 Å². The van der Waals surface area contributed by atoms with E-state index >= 15 is 0 Å². The van der Waals surface area contributed by atoms with Crippen LogP contribution in [0.3, 0.4) is 0 Å². The molecule has 40 heavy (non-hydrogen) atoms. The molecule has 0 aromatic heterocycles. The predicted octanol–water partition coefficient (Wildman–Crippen LogP) is 2.79. The largest absolute Gasteiger partial charge is 0.480 e. The normalized spacial score (nSPS) is 13.7. The van der Waals surface area contributed by atoms with Crippen LogP contribution in [0, 0.1) is 5.41 Å². The van der Waals surface area contributed by atoms with E-state index in [2.05, 4.69) is 39.8 Å². The number of rotatable bonds is 15. The van der Waals surface area contributed by atoms with E-state index in [1.165, 1.54) is 10.6 Å². The number of carboxylic acid groups (broad SMARTS) is 2. The summed E-state index contributed by atoms with van der Waals surface area (Å²) >= 11 is 1.94. The van der Waals surface area contributed by atoms with E-state index in [4.69, 9.17) is 26.7 Å². The quantitative estimate of drug-likeness (QED) is 0.0941. The molecule has 12 heteroatoms. The molecule has 0 amide bonds. The summed E-state index contributed by atoms with van der Waals surface area (Å²) in [6.45, 7) is 5.73. The first kappa shape index (κ1) is 32.7. The summed E-state index contributed by atoms with van der Waals surface area (Å²) in [4.78, 5) is 25.3. The second-order valence-electron chi connectivity index (χ2n) is 9.19. The van der Waals surface area contributed by atoms with Crippen molar-refractivity contribution in [3.8, 4) is 0 Å². The van der Waals surface area contributed by atoms with Crippen LogP contribution >= 0.6 is 11.8 Å². The number of anilines is 2. The fourth-order valence-electron chi connectivity index (χ4n) is 4.02. The third-order valence-corrected chi connectivity index (χ3v) is 7.14. The first-order valence-electron chi connectivity index (χ1n) is 13.4. The highest BCUT2D eigenvalue weighted by atomic mass is 32.2. The van der Waals surface area contributed by atoms with E-state index < -0.39 is 24.1 Å². The van der Waals surface area contributed by atoms with Crippen LogP contribution in [0.4, 0.5) is 11.4 Å². The Hall–Kier alpha value is -3.48. The maximum absolute atomic E-state index is 11.2. The molecule has 220 valence electrons. The number of para-hydroxylation sites is 1. The number of guanidine groups is 1. The molecule has 1 unspecified atom stereocenters. The van der Waals surface area contributed by atoms with Crippen molar-refractivity contribution >= 4 is 41.0 Å². The molecule has 1 heterocycles. The van der Waals surface area contributed by atoms with E-state index in [1.807, 2.05) is 43.0 Å². The van der Waals surface area contributed by atoms with Crippen LogP contribution < -0.4 is 27.0 Å². The molecule has 0 aliphatic carbocycles. The van der Waals surface area contributed by atoms with Gasteiger partial charge in [-0.2, -0.15) is 0 Å². The van der Waals surface area contributed by atoms with E-state index in [0.29, 0.717) is 32.4 Å². The zero-order valence-corrected chi connectivity index (χ0v) is 23.8. The van der Waals surface area contributed by atoms with Gasteiger partial charge in [-0.1, -0.05) is 24.3 Å². The van der Waals surface area contributed by atoms with Gasteiger partial charge in [0.25, 0.3) is 0 Å². The number of benzene rings is 2. The fraction of sp³-hybridized carbons (Fsp3) is 0.464. The number of fused-ring (bicyclic) bond motifs is 1. The van der Waals surface area contributed by atoms with Crippen LogP contribution in [-0.2, 0) is 20.7 Å². The van der Waals surface area contributed by atoms with E-state index in [9.17, 15) is 14.7 Å². The molecule has 3 rings (SSSR count). The van der Waals surface area contributed by atoms with Gasteiger partial charge in [0, 0.05) is 55.5 Å². The molecule has 0 saturated heterocycles. The van der Waals surface area contributed by atoms with Gasteiger partial charge >= 0.3 is 11.9 Å². The molecule has 0 radical (unpaired) electrons. The first-order chi connectivity index (χ1) is 19.2. The monoisotopic (exact) mass is 574 g/mol. The van der Waals surface area contributed by atoms with Crippen LogP contribution in [-0.4, -0.2) is 78.8 Å². The summed E-state index contributed by atoms with van der Waals surface area (Å²) in [5.74, 6) is -0.885. The molecule has 0 spiro atoms. The van der Waals surface area contributed by atoms with Gasteiger partial charge in [0.1, 0.15) is 6.04 Å². The van der Waals surface area contributed by atoms with Gasteiger partial charge in [-0.25, -0.2) is 4.79 Å². The van der Waals surface area contributed by atoms with Crippen LogP contribution in [0.5, 0.6) is 0 Å². The third-order valence-electron chi connectivity index (χ3n) is 6.10. The average molecular weight is 575 g/mol. The molecule has 1 aliphatic rings. The molecule has 1 aliphatic heterocycles. The number of aliphatic carboxylic acids is 2. The highest BCUT2D eigenvalue weighted by molar-refractivity contribution is 7.99. The van der Waals surface area contributed by atoms with Crippen molar-refractivity contribution in [3.63, 3.8) is 0 Å². The Bertz CT molecular complexity index is 1070. The van der Waals surface area contributed by atoms with Crippen LogP contribution in [0.1, 0.15) is 31.7 Å². The highest BCUT2D eigenvalue weighted by Gasteiger charge is 2.18. The molecule has 2 aromatic carbocycles. The SMILES string of the molecule is CCOC(Cc1ccc(NCCCN2CCSc3ccccc32)cc1)C(=O)O.N=C(N)NCCC[C@H](N)C(=O)O. The lowest BCUT2D eigenvalue weighted by atomic mass is 10.1. The van der Waals surface area contributed by atoms with Gasteiger partial charge in [-0.15, -0.1) is 11.8 Å². The van der Waals surface area contributed by atoms with Crippen molar-refractivity contribution in [1.29, 1.82) is 5.41 Å². The third kappa shape index (κ3) is 12.1. The molecular formula is C28H42N6O5S. The number of carboxylic acids is 2. The number of hydrogen-bond acceptors (Lipinski definition) is 8. The van der Waals surface area contributed by atoms with E-state index in [1.54, 1.807) is 0 Å². The Morgan fingerprint density at radius 1 is 1.10 bits per heavy atom. The Morgan fingerprint density at radius 2 is 1.82 bits per heavy atom. The number of nitrogens with two attached hydrogens (primary N) is 2. The maximum Gasteiger partial charge on any atom is 0.333 e. The van der Waals surface area contributed by atoms with Crippen molar-refractivity contribution in [1.82, 2.24) is 5.32 Å². The van der Waals surface area contributed by atoms with Gasteiger partial charge < -0.3 is 42.0 Å². The number of thioether (sulfide) groups is 1. The first-order valence-corrected chi connectivity index (χ1v) is 14.4. The Morgan fingerprint density at radius 3 is 2.48 bits per heavy atom. The van der Waals surface area contributed by atoms with Gasteiger partial charge in [0.15, 0.2) is 12.1 Å².